The minimum absolute atomic E-state index is 0.0217. The lowest BCUT2D eigenvalue weighted by Crippen LogP contribution is -2.37. The van der Waals surface area contributed by atoms with Gasteiger partial charge in [0.2, 0.25) is 11.8 Å². The van der Waals surface area contributed by atoms with E-state index in [1.54, 1.807) is 38.1 Å². The molecular weight excluding hydrogens is 624 g/mol. The molecule has 0 aliphatic carbocycles. The number of phenols is 2. The second-order valence-electron chi connectivity index (χ2n) is 9.98. The molecule has 14 nitrogen and oxygen atoms in total. The second-order valence-corrected chi connectivity index (χ2v) is 9.98. The molecule has 0 heterocycles. The third-order valence-electron chi connectivity index (χ3n) is 6.57. The molecule has 0 aromatic heterocycles. The van der Waals surface area contributed by atoms with E-state index >= 15 is 0 Å². The van der Waals surface area contributed by atoms with Crippen molar-refractivity contribution in [3.63, 3.8) is 0 Å². The van der Waals surface area contributed by atoms with E-state index in [1.807, 2.05) is 0 Å². The summed E-state index contributed by atoms with van der Waals surface area (Å²) in [4.78, 5) is 59.9. The first kappa shape index (κ1) is 38.3. The molecule has 0 aliphatic heterocycles. The van der Waals surface area contributed by atoms with Crippen LogP contribution in [0.3, 0.4) is 0 Å². The van der Waals surface area contributed by atoms with Gasteiger partial charge in [0.1, 0.15) is 36.8 Å². The van der Waals surface area contributed by atoms with Gasteiger partial charge >= 0.3 is 11.9 Å². The number of oxime groups is 2. The maximum Gasteiger partial charge on any atom is 0.342 e. The number of amides is 2. The highest BCUT2D eigenvalue weighted by atomic mass is 16.6. The zero-order valence-corrected chi connectivity index (χ0v) is 27.2. The summed E-state index contributed by atoms with van der Waals surface area (Å²) in [5.41, 5.74) is 1.60. The number of phenolic OH excluding ortho intramolecular Hbond substituents is 2. The average molecular weight is 665 g/mol. The number of allylic oxidation sites excluding steroid dienone is 2. The summed E-state index contributed by atoms with van der Waals surface area (Å²) in [5, 5.41) is 32.8. The molecule has 0 saturated heterocycles. The van der Waals surface area contributed by atoms with Crippen LogP contribution in [0.4, 0.5) is 0 Å². The van der Waals surface area contributed by atoms with Gasteiger partial charge in [-0.25, -0.2) is 9.59 Å². The number of aryl methyl sites for hydroxylation is 2. The molecule has 0 saturated carbocycles. The van der Waals surface area contributed by atoms with Gasteiger partial charge in [-0.05, 0) is 67.7 Å². The molecule has 48 heavy (non-hydrogen) atoms. The molecule has 0 radical (unpaired) electrons. The Balaban J connectivity index is 2.28. The molecule has 14 heteroatoms. The van der Waals surface area contributed by atoms with Crippen molar-refractivity contribution < 1.29 is 48.5 Å². The molecule has 256 valence electrons. The van der Waals surface area contributed by atoms with Gasteiger partial charge in [-0.1, -0.05) is 34.6 Å². The van der Waals surface area contributed by atoms with Crippen molar-refractivity contribution in [1.29, 1.82) is 0 Å². The summed E-state index contributed by atoms with van der Waals surface area (Å²) in [6, 6.07) is 8.57. The minimum Gasteiger partial charge on any atom is -0.507 e. The Kier molecular flexibility index (Phi) is 16.7. The minimum atomic E-state index is -0.748. The van der Waals surface area contributed by atoms with Crippen LogP contribution in [0.15, 0.2) is 82.8 Å². The highest BCUT2D eigenvalue weighted by Gasteiger charge is 2.21. The van der Waals surface area contributed by atoms with Gasteiger partial charge in [-0.2, -0.15) is 0 Å². The molecule has 1 atom stereocenters. The van der Waals surface area contributed by atoms with Crippen LogP contribution in [0, 0.1) is 13.8 Å². The van der Waals surface area contributed by atoms with Crippen LogP contribution in [0.5, 0.6) is 11.5 Å². The van der Waals surface area contributed by atoms with Gasteiger partial charge in [-0.15, -0.1) is 0 Å². The lowest BCUT2D eigenvalue weighted by atomic mass is 10.00. The lowest BCUT2D eigenvalue weighted by Gasteiger charge is -2.22. The monoisotopic (exact) mass is 664 g/mol. The van der Waals surface area contributed by atoms with Gasteiger partial charge in [0.15, 0.2) is 0 Å². The second kappa shape index (κ2) is 21.0. The predicted octanol–water partition coefficient (Wildman–Crippen LogP) is 3.76. The van der Waals surface area contributed by atoms with Crippen LogP contribution >= 0.6 is 0 Å². The van der Waals surface area contributed by atoms with Gasteiger partial charge < -0.3 is 40.0 Å². The standard InChI is InChI=1S/C34H40N4O10/c1-23-10-5-13-27(39)31(23)33(43)47-20-9-12-26(38-30(42)16-8-19-37-46-4)25(22-35-29(41)15-7-18-36-45-3)17-21-48-34(44)32-24(2)11-6-14-28(32)40/h5-8,10-11,13-16,18-19,22,26,39-40H,9,12,17,20-21H2,1-4H3,(H,35,41)(H,38,42)/b15-7+,16-8+,25-22+,36-18+,37-19+. The van der Waals surface area contributed by atoms with Gasteiger partial charge in [-0.3, -0.25) is 9.59 Å². The molecular formula is C34H40N4O10. The van der Waals surface area contributed by atoms with Crippen molar-refractivity contribution in [3.05, 3.63) is 94.7 Å². The van der Waals surface area contributed by atoms with Crippen LogP contribution in [0.25, 0.3) is 0 Å². The van der Waals surface area contributed by atoms with Crippen molar-refractivity contribution in [3.8, 4) is 11.5 Å². The van der Waals surface area contributed by atoms with E-state index in [4.69, 9.17) is 9.47 Å². The number of hydrogen-bond acceptors (Lipinski definition) is 12. The fourth-order valence-corrected chi connectivity index (χ4v) is 4.28. The number of hydrogen-bond donors (Lipinski definition) is 4. The van der Waals surface area contributed by atoms with E-state index in [1.165, 1.54) is 69.3 Å². The van der Waals surface area contributed by atoms with Crippen molar-refractivity contribution in [1.82, 2.24) is 10.6 Å². The summed E-state index contributed by atoms with van der Waals surface area (Å²) in [7, 11) is 2.71. The van der Waals surface area contributed by atoms with E-state index in [0.717, 1.165) is 0 Å². The third kappa shape index (κ3) is 13.2. The fraction of sp³-hybridized carbons (Fsp3) is 0.294. The van der Waals surface area contributed by atoms with Crippen molar-refractivity contribution in [2.75, 3.05) is 27.4 Å². The zero-order valence-electron chi connectivity index (χ0n) is 27.2. The van der Waals surface area contributed by atoms with E-state index in [0.29, 0.717) is 16.7 Å². The van der Waals surface area contributed by atoms with Crippen molar-refractivity contribution in [2.45, 2.75) is 39.2 Å². The molecule has 2 aromatic carbocycles. The van der Waals surface area contributed by atoms with Crippen LogP contribution in [-0.2, 0) is 28.7 Å². The maximum absolute atomic E-state index is 12.8. The number of rotatable bonds is 18. The summed E-state index contributed by atoms with van der Waals surface area (Å²) in [6.07, 6.45) is 9.60. The summed E-state index contributed by atoms with van der Waals surface area (Å²) in [6.45, 7) is 3.10. The van der Waals surface area contributed by atoms with E-state index in [2.05, 4.69) is 30.6 Å². The summed E-state index contributed by atoms with van der Waals surface area (Å²) < 4.78 is 10.8. The van der Waals surface area contributed by atoms with Crippen LogP contribution in [0.2, 0.25) is 0 Å². The van der Waals surface area contributed by atoms with Gasteiger partial charge in [0.05, 0.1) is 31.7 Å². The Labute approximate surface area is 278 Å². The molecule has 1 unspecified atom stereocenters. The summed E-state index contributed by atoms with van der Waals surface area (Å²) in [5.74, 6) is -2.92. The van der Waals surface area contributed by atoms with E-state index in [9.17, 15) is 29.4 Å². The molecule has 2 rings (SSSR count). The number of carbonyl (C=O) groups is 4. The number of nitrogens with zero attached hydrogens (tertiary/aromatic N) is 2. The van der Waals surface area contributed by atoms with Gasteiger partial charge in [0, 0.05) is 24.8 Å². The topological polar surface area (TPSA) is 194 Å². The first-order valence-electron chi connectivity index (χ1n) is 14.8. The number of aromatic hydroxyl groups is 2. The smallest absolute Gasteiger partial charge is 0.342 e. The first-order chi connectivity index (χ1) is 23.1. The number of carbonyl (C=O) groups excluding carboxylic acids is 4. The quantitative estimate of drug-likeness (QED) is 0.0599. The molecule has 2 aromatic rings. The van der Waals surface area contributed by atoms with Crippen LogP contribution in [0.1, 0.15) is 51.1 Å². The average Bonchev–Trinajstić information content (AvgIpc) is 3.04. The maximum atomic E-state index is 12.8. The SMILES string of the molecule is CO/N=C/C=C/C(=O)N/C=C(\CCOC(=O)c1c(C)cccc1O)C(CCCOC(=O)c1c(C)cccc1O)NC(=O)/C=C/C=N/OC. The third-order valence-corrected chi connectivity index (χ3v) is 6.57. The molecule has 0 fully saturated rings. The number of esters is 2. The zero-order chi connectivity index (χ0) is 35.3. The van der Waals surface area contributed by atoms with Crippen LogP contribution < -0.4 is 10.6 Å². The Bertz CT molecular complexity index is 1520. The van der Waals surface area contributed by atoms with E-state index in [-0.39, 0.29) is 55.1 Å². The highest BCUT2D eigenvalue weighted by Crippen LogP contribution is 2.23. The number of benzene rings is 2. The Morgan fingerprint density at radius 1 is 0.792 bits per heavy atom. The van der Waals surface area contributed by atoms with Crippen molar-refractivity contribution >= 4 is 36.2 Å². The largest absolute Gasteiger partial charge is 0.507 e. The van der Waals surface area contributed by atoms with Crippen LogP contribution in [-0.4, -0.2) is 79.9 Å². The summed E-state index contributed by atoms with van der Waals surface area (Å²) >= 11 is 0. The lowest BCUT2D eigenvalue weighted by molar-refractivity contribution is -0.117. The Morgan fingerprint density at radius 2 is 1.31 bits per heavy atom. The number of ether oxygens (including phenoxy) is 2. The highest BCUT2D eigenvalue weighted by molar-refractivity contribution is 5.95. The molecule has 0 spiro atoms. The molecule has 2 amide bonds. The van der Waals surface area contributed by atoms with E-state index < -0.39 is 29.8 Å². The van der Waals surface area contributed by atoms with Crippen molar-refractivity contribution in [2.24, 2.45) is 10.3 Å². The number of nitrogens with one attached hydrogen (secondary N) is 2. The normalized spacial score (nSPS) is 12.4. The molecule has 0 bridgehead atoms. The predicted molar refractivity (Wildman–Crippen MR) is 178 cm³/mol. The fourth-order valence-electron chi connectivity index (χ4n) is 4.28. The molecule has 4 N–H and O–H groups in total. The first-order valence-corrected chi connectivity index (χ1v) is 14.8. The van der Waals surface area contributed by atoms with Gasteiger partial charge in [0.25, 0.3) is 0 Å². The Morgan fingerprint density at radius 3 is 1.83 bits per heavy atom. The Hall–Kier alpha value is -5.92. The molecule has 0 aliphatic rings.